The molecule has 8 heteroatoms. The lowest BCUT2D eigenvalue weighted by molar-refractivity contribution is 0.0954. The van der Waals surface area contributed by atoms with Gasteiger partial charge in [-0.2, -0.15) is 0 Å². The highest BCUT2D eigenvalue weighted by Crippen LogP contribution is 2.32. The number of amides is 1. The van der Waals surface area contributed by atoms with E-state index in [4.69, 9.17) is 9.47 Å². The number of aryl methyl sites for hydroxylation is 1. The van der Waals surface area contributed by atoms with Crippen LogP contribution in [0.4, 0.5) is 0 Å². The van der Waals surface area contributed by atoms with Crippen LogP contribution in [0.2, 0.25) is 0 Å². The zero-order valence-electron chi connectivity index (χ0n) is 14.1. The Balaban J connectivity index is 1.50. The summed E-state index contributed by atoms with van der Waals surface area (Å²) in [7, 11) is 0. The molecule has 1 aliphatic rings. The molecule has 1 aliphatic heterocycles. The van der Waals surface area contributed by atoms with Crippen molar-refractivity contribution in [1.82, 2.24) is 20.3 Å². The maximum absolute atomic E-state index is 12.6. The summed E-state index contributed by atoms with van der Waals surface area (Å²) in [4.78, 5) is 26.2. The predicted molar refractivity (Wildman–Crippen MR) is 96.3 cm³/mol. The van der Waals surface area contributed by atoms with Crippen molar-refractivity contribution in [1.29, 1.82) is 0 Å². The molecule has 0 unspecified atom stereocenters. The Kier molecular flexibility index (Phi) is 4.49. The maximum Gasteiger partial charge on any atom is 0.263 e. The minimum atomic E-state index is -0.154. The topological polar surface area (TPSA) is 86.2 Å². The Morgan fingerprint density at radius 3 is 2.85 bits per heavy atom. The predicted octanol–water partition coefficient (Wildman–Crippen LogP) is 2.82. The van der Waals surface area contributed by atoms with Gasteiger partial charge in [-0.3, -0.25) is 4.79 Å². The number of benzene rings is 1. The first kappa shape index (κ1) is 16.5. The highest BCUT2D eigenvalue weighted by atomic mass is 32.1. The SMILES string of the molecule is CCc1nc(-c2ncccn2)sc1C(=O)NCc1ccc2c(c1)OCO2. The molecule has 0 bridgehead atoms. The van der Waals surface area contributed by atoms with Crippen LogP contribution in [0.25, 0.3) is 10.8 Å². The average molecular weight is 368 g/mol. The second-order valence-electron chi connectivity index (χ2n) is 5.59. The lowest BCUT2D eigenvalue weighted by Gasteiger charge is -2.06. The molecule has 0 atom stereocenters. The number of rotatable bonds is 5. The number of hydrogen-bond acceptors (Lipinski definition) is 7. The number of nitrogens with one attached hydrogen (secondary N) is 1. The molecule has 0 spiro atoms. The molecule has 1 N–H and O–H groups in total. The molecule has 0 saturated carbocycles. The van der Waals surface area contributed by atoms with Crippen LogP contribution in [0, 0.1) is 0 Å². The van der Waals surface area contributed by atoms with E-state index in [0.29, 0.717) is 34.4 Å². The average Bonchev–Trinajstić information content (AvgIpc) is 3.33. The van der Waals surface area contributed by atoms with Gasteiger partial charge in [0, 0.05) is 18.9 Å². The summed E-state index contributed by atoms with van der Waals surface area (Å²) < 4.78 is 10.7. The molecule has 0 saturated heterocycles. The third-order valence-corrected chi connectivity index (χ3v) is 4.98. The monoisotopic (exact) mass is 368 g/mol. The van der Waals surface area contributed by atoms with Crippen LogP contribution in [-0.2, 0) is 13.0 Å². The first-order chi connectivity index (χ1) is 12.7. The number of thiazole rings is 1. The molecular formula is C18H16N4O3S. The standard InChI is InChI=1S/C18H16N4O3S/c1-2-12-15(26-18(22-12)16-19-6-3-7-20-16)17(23)21-9-11-4-5-13-14(8-11)25-10-24-13/h3-8H,2,9-10H2,1H3,(H,21,23). The van der Waals surface area contributed by atoms with Crippen molar-refractivity contribution in [3.63, 3.8) is 0 Å². The first-order valence-corrected chi connectivity index (χ1v) is 9.00. The van der Waals surface area contributed by atoms with E-state index in [0.717, 1.165) is 17.0 Å². The Bertz CT molecular complexity index is 943. The first-order valence-electron chi connectivity index (χ1n) is 8.18. The second-order valence-corrected chi connectivity index (χ2v) is 6.59. The Labute approximate surface area is 154 Å². The minimum absolute atomic E-state index is 0.154. The van der Waals surface area contributed by atoms with E-state index in [1.165, 1.54) is 11.3 Å². The van der Waals surface area contributed by atoms with Gasteiger partial charge in [-0.15, -0.1) is 11.3 Å². The smallest absolute Gasteiger partial charge is 0.263 e. The van der Waals surface area contributed by atoms with Gasteiger partial charge < -0.3 is 14.8 Å². The van der Waals surface area contributed by atoms with Gasteiger partial charge in [0.05, 0.1) is 5.69 Å². The molecule has 0 fully saturated rings. The molecule has 2 aromatic heterocycles. The largest absolute Gasteiger partial charge is 0.454 e. The summed E-state index contributed by atoms with van der Waals surface area (Å²) >= 11 is 1.31. The van der Waals surface area contributed by atoms with Gasteiger partial charge in [0.15, 0.2) is 22.3 Å². The van der Waals surface area contributed by atoms with E-state index in [-0.39, 0.29) is 12.7 Å². The molecule has 1 amide bonds. The van der Waals surface area contributed by atoms with E-state index in [1.807, 2.05) is 25.1 Å². The third kappa shape index (κ3) is 3.23. The van der Waals surface area contributed by atoms with E-state index in [9.17, 15) is 4.79 Å². The highest BCUT2D eigenvalue weighted by molar-refractivity contribution is 7.17. The fraction of sp³-hybridized carbons (Fsp3) is 0.222. The second kappa shape index (κ2) is 7.09. The molecular weight excluding hydrogens is 352 g/mol. The minimum Gasteiger partial charge on any atom is -0.454 e. The van der Waals surface area contributed by atoms with Crippen LogP contribution in [0.3, 0.4) is 0 Å². The van der Waals surface area contributed by atoms with Crippen molar-refractivity contribution in [3.8, 4) is 22.3 Å². The number of nitrogens with zero attached hydrogens (tertiary/aromatic N) is 3. The van der Waals surface area contributed by atoms with Gasteiger partial charge in [-0.25, -0.2) is 15.0 Å². The summed E-state index contributed by atoms with van der Waals surface area (Å²) in [6.45, 7) is 2.60. The van der Waals surface area contributed by atoms with Crippen molar-refractivity contribution in [3.05, 3.63) is 52.8 Å². The van der Waals surface area contributed by atoms with Gasteiger partial charge in [-0.1, -0.05) is 13.0 Å². The summed E-state index contributed by atoms with van der Waals surface area (Å²) in [5, 5.41) is 3.59. The number of hydrogen-bond donors (Lipinski definition) is 1. The van der Waals surface area contributed by atoms with Crippen LogP contribution in [0.15, 0.2) is 36.7 Å². The Morgan fingerprint density at radius 1 is 1.23 bits per heavy atom. The van der Waals surface area contributed by atoms with Crippen LogP contribution >= 0.6 is 11.3 Å². The van der Waals surface area contributed by atoms with Gasteiger partial charge in [-0.05, 0) is 30.2 Å². The van der Waals surface area contributed by atoms with Gasteiger partial charge >= 0.3 is 0 Å². The summed E-state index contributed by atoms with van der Waals surface area (Å²) in [6, 6.07) is 7.37. The van der Waals surface area contributed by atoms with Crippen molar-refractivity contribution in [2.45, 2.75) is 19.9 Å². The molecule has 3 heterocycles. The quantitative estimate of drug-likeness (QED) is 0.745. The third-order valence-electron chi connectivity index (χ3n) is 3.89. The van der Waals surface area contributed by atoms with E-state index in [1.54, 1.807) is 18.5 Å². The molecule has 26 heavy (non-hydrogen) atoms. The van der Waals surface area contributed by atoms with E-state index in [2.05, 4.69) is 20.3 Å². The summed E-state index contributed by atoms with van der Waals surface area (Å²) in [6.07, 6.45) is 3.99. The molecule has 0 radical (unpaired) electrons. The molecule has 1 aromatic carbocycles. The fourth-order valence-electron chi connectivity index (χ4n) is 2.59. The molecule has 4 rings (SSSR count). The van der Waals surface area contributed by atoms with Crippen molar-refractivity contribution in [2.24, 2.45) is 0 Å². The van der Waals surface area contributed by atoms with Crippen molar-refractivity contribution < 1.29 is 14.3 Å². The molecule has 0 aliphatic carbocycles. The number of ether oxygens (including phenoxy) is 2. The Hall–Kier alpha value is -3.00. The molecule has 3 aromatic rings. The van der Waals surface area contributed by atoms with Crippen LogP contribution < -0.4 is 14.8 Å². The van der Waals surface area contributed by atoms with Crippen LogP contribution in [0.1, 0.15) is 27.9 Å². The lowest BCUT2D eigenvalue weighted by atomic mass is 10.2. The van der Waals surface area contributed by atoms with Crippen molar-refractivity contribution >= 4 is 17.2 Å². The van der Waals surface area contributed by atoms with Gasteiger partial charge in [0.25, 0.3) is 5.91 Å². The summed E-state index contributed by atoms with van der Waals surface area (Å²) in [5.74, 6) is 1.80. The van der Waals surface area contributed by atoms with Gasteiger partial charge in [0.1, 0.15) is 4.88 Å². The van der Waals surface area contributed by atoms with E-state index < -0.39 is 0 Å². The maximum atomic E-state index is 12.6. The highest BCUT2D eigenvalue weighted by Gasteiger charge is 2.19. The number of fused-ring (bicyclic) bond motifs is 1. The van der Waals surface area contributed by atoms with Gasteiger partial charge in [0.2, 0.25) is 6.79 Å². The number of carbonyl (C=O) groups excluding carboxylic acids is 1. The Morgan fingerprint density at radius 2 is 2.04 bits per heavy atom. The van der Waals surface area contributed by atoms with Crippen LogP contribution in [0.5, 0.6) is 11.5 Å². The van der Waals surface area contributed by atoms with Crippen LogP contribution in [-0.4, -0.2) is 27.7 Å². The number of carbonyl (C=O) groups is 1. The molecule has 7 nitrogen and oxygen atoms in total. The number of aromatic nitrogens is 3. The lowest BCUT2D eigenvalue weighted by Crippen LogP contribution is -2.22. The molecule has 132 valence electrons. The van der Waals surface area contributed by atoms with Crippen molar-refractivity contribution in [2.75, 3.05) is 6.79 Å². The normalized spacial score (nSPS) is 12.2. The zero-order valence-corrected chi connectivity index (χ0v) is 14.9. The van der Waals surface area contributed by atoms with E-state index >= 15 is 0 Å². The zero-order chi connectivity index (χ0) is 17.9. The fourth-order valence-corrected chi connectivity index (χ4v) is 3.61. The summed E-state index contributed by atoms with van der Waals surface area (Å²) in [5.41, 5.74) is 1.69.